The number of benzene rings is 2. The molecule has 0 bridgehead atoms. The number of fused-ring (bicyclic) bond motifs is 1. The van der Waals surface area contributed by atoms with Crippen LogP contribution >= 0.6 is 0 Å². The van der Waals surface area contributed by atoms with Gasteiger partial charge in [-0.05, 0) is 42.2 Å². The maximum absolute atomic E-state index is 12.8. The Hall–Kier alpha value is -1.39. The molecular weight excluding hydrogens is 270 g/mol. The molecule has 106 valence electrons. The molecule has 3 rings (SSSR count). The van der Waals surface area contributed by atoms with E-state index in [-0.39, 0.29) is 6.04 Å². The number of nitrogens with zero attached hydrogens (tertiary/aromatic N) is 1. The van der Waals surface area contributed by atoms with E-state index in [1.165, 1.54) is 0 Å². The van der Waals surface area contributed by atoms with Gasteiger partial charge in [-0.15, -0.1) is 0 Å². The summed E-state index contributed by atoms with van der Waals surface area (Å²) in [7, 11) is -3.36. The molecule has 0 radical (unpaired) electrons. The lowest BCUT2D eigenvalue weighted by atomic mass is 10.1. The molecule has 3 nitrogen and oxygen atoms in total. The molecular formula is C16H19NO2S. The van der Waals surface area contributed by atoms with Crippen LogP contribution in [-0.4, -0.2) is 25.3 Å². The van der Waals surface area contributed by atoms with Gasteiger partial charge in [0.15, 0.2) is 0 Å². The average Bonchev–Trinajstić information content (AvgIpc) is 2.96. The summed E-state index contributed by atoms with van der Waals surface area (Å²) in [5.41, 5.74) is 0. The van der Waals surface area contributed by atoms with Gasteiger partial charge in [0.1, 0.15) is 0 Å². The van der Waals surface area contributed by atoms with Crippen molar-refractivity contribution in [2.75, 3.05) is 6.54 Å². The highest BCUT2D eigenvalue weighted by Gasteiger charge is 2.34. The Kier molecular flexibility index (Phi) is 3.52. The highest BCUT2D eigenvalue weighted by Crippen LogP contribution is 2.29. The molecule has 0 saturated carbocycles. The molecule has 0 aromatic heterocycles. The van der Waals surface area contributed by atoms with E-state index in [1.807, 2.05) is 30.3 Å². The van der Waals surface area contributed by atoms with Crippen molar-refractivity contribution in [3.63, 3.8) is 0 Å². The van der Waals surface area contributed by atoms with E-state index in [0.29, 0.717) is 11.4 Å². The lowest BCUT2D eigenvalue weighted by Crippen LogP contribution is -2.35. The van der Waals surface area contributed by atoms with Gasteiger partial charge in [-0.25, -0.2) is 8.42 Å². The van der Waals surface area contributed by atoms with Crippen LogP contribution in [0.1, 0.15) is 26.2 Å². The predicted molar refractivity (Wildman–Crippen MR) is 81.2 cm³/mol. The van der Waals surface area contributed by atoms with E-state index >= 15 is 0 Å². The lowest BCUT2D eigenvalue weighted by molar-refractivity contribution is 0.379. The summed E-state index contributed by atoms with van der Waals surface area (Å²) in [6.07, 6.45) is 2.82. The first-order chi connectivity index (χ1) is 9.63. The number of rotatable bonds is 3. The van der Waals surface area contributed by atoms with Crippen molar-refractivity contribution < 1.29 is 8.42 Å². The van der Waals surface area contributed by atoms with Crippen LogP contribution in [0.4, 0.5) is 0 Å². The first-order valence-corrected chi connectivity index (χ1v) is 8.57. The molecule has 1 aliphatic heterocycles. The van der Waals surface area contributed by atoms with Crippen LogP contribution in [0.15, 0.2) is 47.4 Å². The fraction of sp³-hybridized carbons (Fsp3) is 0.375. The molecule has 1 saturated heterocycles. The Labute approximate surface area is 120 Å². The molecule has 2 aromatic rings. The normalized spacial score (nSPS) is 20.6. The zero-order chi connectivity index (χ0) is 14.2. The van der Waals surface area contributed by atoms with Crippen molar-refractivity contribution in [3.05, 3.63) is 42.5 Å². The smallest absolute Gasteiger partial charge is 0.207 e. The van der Waals surface area contributed by atoms with Crippen LogP contribution < -0.4 is 0 Å². The standard InChI is InChI=1S/C16H19NO2S/c1-2-15-8-5-11-17(15)20(18,19)16-10-9-13-6-3-4-7-14(13)12-16/h3-4,6-7,9-10,12,15H,2,5,8,11H2,1H3/t15-/m1/s1. The number of hydrogen-bond acceptors (Lipinski definition) is 2. The Balaban J connectivity index is 2.04. The summed E-state index contributed by atoms with van der Waals surface area (Å²) >= 11 is 0. The fourth-order valence-corrected chi connectivity index (χ4v) is 4.80. The van der Waals surface area contributed by atoms with E-state index in [1.54, 1.807) is 16.4 Å². The summed E-state index contributed by atoms with van der Waals surface area (Å²) in [6.45, 7) is 2.70. The molecule has 20 heavy (non-hydrogen) atoms. The van der Waals surface area contributed by atoms with Crippen LogP contribution in [0.5, 0.6) is 0 Å². The SMILES string of the molecule is CC[C@@H]1CCCN1S(=O)(=O)c1ccc2ccccc2c1. The first kappa shape index (κ1) is 13.6. The predicted octanol–water partition coefficient (Wildman–Crippen LogP) is 3.40. The van der Waals surface area contributed by atoms with Gasteiger partial charge < -0.3 is 0 Å². The summed E-state index contributed by atoms with van der Waals surface area (Å²) in [6, 6.07) is 13.4. The Bertz CT molecular complexity index is 724. The number of sulfonamides is 1. The van der Waals surface area contributed by atoms with Gasteiger partial charge in [0.05, 0.1) is 4.90 Å². The largest absolute Gasteiger partial charge is 0.243 e. The topological polar surface area (TPSA) is 37.4 Å². The van der Waals surface area contributed by atoms with Crippen molar-refractivity contribution in [3.8, 4) is 0 Å². The molecule has 2 aromatic carbocycles. The highest BCUT2D eigenvalue weighted by atomic mass is 32.2. The monoisotopic (exact) mass is 289 g/mol. The molecule has 1 aliphatic rings. The second-order valence-electron chi connectivity index (χ2n) is 5.33. The summed E-state index contributed by atoms with van der Waals surface area (Å²) in [4.78, 5) is 0.413. The van der Waals surface area contributed by atoms with E-state index in [9.17, 15) is 8.42 Å². The second-order valence-corrected chi connectivity index (χ2v) is 7.22. The fourth-order valence-electron chi connectivity index (χ4n) is 3.00. The Morgan fingerprint density at radius 1 is 1.15 bits per heavy atom. The second kappa shape index (κ2) is 5.19. The molecule has 0 spiro atoms. The first-order valence-electron chi connectivity index (χ1n) is 7.13. The average molecular weight is 289 g/mol. The minimum atomic E-state index is -3.36. The quantitative estimate of drug-likeness (QED) is 0.868. The van der Waals surface area contributed by atoms with E-state index in [4.69, 9.17) is 0 Å². The summed E-state index contributed by atoms with van der Waals surface area (Å²) in [5, 5.41) is 2.04. The number of hydrogen-bond donors (Lipinski definition) is 0. The molecule has 0 unspecified atom stereocenters. The van der Waals surface area contributed by atoms with E-state index in [2.05, 4.69) is 6.92 Å². The minimum absolute atomic E-state index is 0.159. The third-order valence-electron chi connectivity index (χ3n) is 4.12. The molecule has 0 aliphatic carbocycles. The van der Waals surface area contributed by atoms with Crippen molar-refractivity contribution in [1.82, 2.24) is 4.31 Å². The van der Waals surface area contributed by atoms with Crippen molar-refractivity contribution in [2.45, 2.75) is 37.1 Å². The summed E-state index contributed by atoms with van der Waals surface area (Å²) < 4.78 is 27.2. The minimum Gasteiger partial charge on any atom is -0.207 e. The van der Waals surface area contributed by atoms with Gasteiger partial charge in [-0.1, -0.05) is 37.3 Å². The lowest BCUT2D eigenvalue weighted by Gasteiger charge is -2.23. The zero-order valence-electron chi connectivity index (χ0n) is 11.6. The molecule has 1 fully saturated rings. The van der Waals surface area contributed by atoms with Crippen molar-refractivity contribution in [2.24, 2.45) is 0 Å². The molecule has 0 amide bonds. The van der Waals surface area contributed by atoms with Crippen LogP contribution in [0.3, 0.4) is 0 Å². The van der Waals surface area contributed by atoms with Gasteiger partial charge in [-0.2, -0.15) is 4.31 Å². The Morgan fingerprint density at radius 3 is 2.65 bits per heavy atom. The highest BCUT2D eigenvalue weighted by molar-refractivity contribution is 7.89. The van der Waals surface area contributed by atoms with Crippen LogP contribution in [0.25, 0.3) is 10.8 Å². The van der Waals surface area contributed by atoms with Crippen molar-refractivity contribution in [1.29, 1.82) is 0 Å². The summed E-state index contributed by atoms with van der Waals surface area (Å²) in [5.74, 6) is 0. The zero-order valence-corrected chi connectivity index (χ0v) is 12.4. The Morgan fingerprint density at radius 2 is 1.90 bits per heavy atom. The van der Waals surface area contributed by atoms with E-state index in [0.717, 1.165) is 30.0 Å². The molecule has 1 heterocycles. The van der Waals surface area contributed by atoms with Crippen molar-refractivity contribution >= 4 is 20.8 Å². The van der Waals surface area contributed by atoms with Gasteiger partial charge in [0.25, 0.3) is 0 Å². The maximum Gasteiger partial charge on any atom is 0.243 e. The van der Waals surface area contributed by atoms with Gasteiger partial charge in [-0.3, -0.25) is 0 Å². The third-order valence-corrected chi connectivity index (χ3v) is 6.07. The molecule has 4 heteroatoms. The van der Waals surface area contributed by atoms with Crippen LogP contribution in [0, 0.1) is 0 Å². The van der Waals surface area contributed by atoms with E-state index < -0.39 is 10.0 Å². The van der Waals surface area contributed by atoms with Crippen LogP contribution in [-0.2, 0) is 10.0 Å². The van der Waals surface area contributed by atoms with Crippen LogP contribution in [0.2, 0.25) is 0 Å². The molecule has 0 N–H and O–H groups in total. The third kappa shape index (κ3) is 2.23. The maximum atomic E-state index is 12.8. The molecule has 1 atom stereocenters. The van der Waals surface area contributed by atoms with Gasteiger partial charge in [0.2, 0.25) is 10.0 Å². The van der Waals surface area contributed by atoms with Gasteiger partial charge in [0, 0.05) is 12.6 Å². The van der Waals surface area contributed by atoms with Gasteiger partial charge >= 0.3 is 0 Å².